The minimum absolute atomic E-state index is 0.874. The molecule has 3 nitrogen and oxygen atoms in total. The first-order chi connectivity index (χ1) is 22.7. The molecule has 0 amide bonds. The van der Waals surface area contributed by atoms with Gasteiger partial charge in [0.25, 0.3) is 0 Å². The van der Waals surface area contributed by atoms with Crippen LogP contribution >= 0.6 is 7.14 Å². The molecule has 3 heterocycles. The lowest BCUT2D eigenvalue weighted by atomic mass is 10.0. The zero-order valence-electron chi connectivity index (χ0n) is 24.7. The average Bonchev–Trinajstić information content (AvgIpc) is 3.74. The fourth-order valence-electron chi connectivity index (χ4n) is 7.54. The summed E-state index contributed by atoms with van der Waals surface area (Å²) >= 11 is 0. The Morgan fingerprint density at radius 2 is 1.17 bits per heavy atom. The molecule has 2 aromatic heterocycles. The minimum atomic E-state index is -3.04. The predicted molar refractivity (Wildman–Crippen MR) is 192 cm³/mol. The smallest absolute Gasteiger partial charge is 0.172 e. The topological polar surface area (TPSA) is 35.1 Å². The highest BCUT2D eigenvalue weighted by atomic mass is 31.2. The monoisotopic (exact) mass is 607 g/mol. The largest absolute Gasteiger partial charge is 0.455 e. The molecule has 0 aliphatic carbocycles. The van der Waals surface area contributed by atoms with Crippen LogP contribution in [0.25, 0.3) is 71.7 Å². The van der Waals surface area contributed by atoms with Gasteiger partial charge in [0.1, 0.15) is 11.2 Å². The summed E-state index contributed by atoms with van der Waals surface area (Å²) in [6.45, 7) is 0. The third kappa shape index (κ3) is 3.41. The van der Waals surface area contributed by atoms with Gasteiger partial charge in [-0.1, -0.05) is 121 Å². The molecule has 4 heteroatoms. The van der Waals surface area contributed by atoms with Crippen molar-refractivity contribution in [3.8, 4) is 27.9 Å². The van der Waals surface area contributed by atoms with Crippen LogP contribution in [-0.2, 0) is 4.57 Å². The van der Waals surface area contributed by atoms with Crippen LogP contribution in [0.3, 0.4) is 0 Å². The number of hydrogen-bond donors (Lipinski definition) is 0. The third-order valence-corrected chi connectivity index (χ3v) is 12.8. The molecule has 216 valence electrons. The summed E-state index contributed by atoms with van der Waals surface area (Å²) in [5.41, 5.74) is 9.39. The van der Waals surface area contributed by atoms with E-state index in [4.69, 9.17) is 4.42 Å². The maximum Gasteiger partial charge on any atom is 0.172 e. The number of rotatable bonds is 3. The molecule has 1 aliphatic rings. The van der Waals surface area contributed by atoms with E-state index in [0.29, 0.717) is 0 Å². The second-order valence-corrected chi connectivity index (χ2v) is 14.7. The van der Waals surface area contributed by atoms with Crippen molar-refractivity contribution in [1.82, 2.24) is 4.57 Å². The molecule has 1 atom stereocenters. The number of fused-ring (bicyclic) bond motifs is 9. The number of hydrogen-bond acceptors (Lipinski definition) is 2. The number of nitrogens with zero attached hydrogens (tertiary/aromatic N) is 1. The van der Waals surface area contributed by atoms with Crippen molar-refractivity contribution in [3.05, 3.63) is 158 Å². The summed E-state index contributed by atoms with van der Waals surface area (Å²) in [5.74, 6) is 0. The van der Waals surface area contributed by atoms with E-state index in [1.807, 2.05) is 60.7 Å². The lowest BCUT2D eigenvalue weighted by Crippen LogP contribution is -2.20. The first kappa shape index (κ1) is 25.7. The molecule has 0 N–H and O–H groups in total. The highest BCUT2D eigenvalue weighted by Crippen LogP contribution is 2.53. The van der Waals surface area contributed by atoms with Crippen molar-refractivity contribution in [1.29, 1.82) is 0 Å². The SMILES string of the molecule is O=P1(c2ccccc2)c2ccccc2-c2cc3c(cc21)c1ccccc1n3-c1ccc(-c2cccc3c2oc2ccccc23)cc1. The van der Waals surface area contributed by atoms with Crippen LogP contribution in [0.15, 0.2) is 162 Å². The van der Waals surface area contributed by atoms with Gasteiger partial charge in [0.2, 0.25) is 0 Å². The molecule has 1 unspecified atom stereocenters. The Morgan fingerprint density at radius 1 is 0.478 bits per heavy atom. The van der Waals surface area contributed by atoms with Crippen molar-refractivity contribution in [3.63, 3.8) is 0 Å². The maximum absolute atomic E-state index is 15.2. The van der Waals surface area contributed by atoms with E-state index in [1.54, 1.807) is 0 Å². The molecular weight excluding hydrogens is 581 g/mol. The number of benzene rings is 7. The second kappa shape index (κ2) is 9.44. The molecule has 10 rings (SSSR count). The standard InChI is InChI=1S/C42H26NO2P/c44-46(29-11-2-1-3-12-29)40-20-9-6-15-33(40)36-25-38-35(26-41(36)46)31-13-4-7-18-37(31)43(38)28-23-21-27(22-24-28)30-16-10-17-34-32-14-5-8-19-39(32)45-42(30)34/h1-26H. The van der Waals surface area contributed by atoms with Crippen molar-refractivity contribution in [2.45, 2.75) is 0 Å². The molecular formula is C42H26NO2P. The molecule has 9 aromatic rings. The minimum Gasteiger partial charge on any atom is -0.455 e. The zero-order chi connectivity index (χ0) is 30.4. The molecule has 7 aromatic carbocycles. The van der Waals surface area contributed by atoms with E-state index in [1.165, 1.54) is 0 Å². The number of furan rings is 1. The van der Waals surface area contributed by atoms with Gasteiger partial charge >= 0.3 is 0 Å². The lowest BCUT2D eigenvalue weighted by molar-refractivity contribution is 0.593. The second-order valence-electron chi connectivity index (χ2n) is 12.0. The fourth-order valence-corrected chi connectivity index (χ4v) is 10.6. The summed E-state index contributed by atoms with van der Waals surface area (Å²) in [4.78, 5) is 0. The Labute approximate surface area is 265 Å². The lowest BCUT2D eigenvalue weighted by Gasteiger charge is -2.16. The maximum atomic E-state index is 15.2. The molecule has 0 radical (unpaired) electrons. The van der Waals surface area contributed by atoms with Gasteiger partial charge in [0.15, 0.2) is 7.14 Å². The normalized spacial score (nSPS) is 15.6. The van der Waals surface area contributed by atoms with Gasteiger partial charge in [0.05, 0.1) is 11.0 Å². The Hall–Kier alpha value is -5.63. The predicted octanol–water partition coefficient (Wildman–Crippen LogP) is 9.97. The fraction of sp³-hybridized carbons (Fsp3) is 0. The average molecular weight is 608 g/mol. The van der Waals surface area contributed by atoms with Gasteiger partial charge < -0.3 is 13.5 Å². The molecule has 46 heavy (non-hydrogen) atoms. The van der Waals surface area contributed by atoms with Crippen LogP contribution in [0.1, 0.15) is 0 Å². The van der Waals surface area contributed by atoms with Crippen molar-refractivity contribution < 1.29 is 8.98 Å². The van der Waals surface area contributed by atoms with Crippen LogP contribution < -0.4 is 15.9 Å². The van der Waals surface area contributed by atoms with Crippen LogP contribution in [0.5, 0.6) is 0 Å². The van der Waals surface area contributed by atoms with Gasteiger partial charge in [-0.15, -0.1) is 0 Å². The van der Waals surface area contributed by atoms with Crippen LogP contribution in [0.4, 0.5) is 0 Å². The summed E-state index contributed by atoms with van der Waals surface area (Å²) in [6, 6.07) is 54.5. The van der Waals surface area contributed by atoms with Gasteiger partial charge in [-0.2, -0.15) is 0 Å². The highest BCUT2D eigenvalue weighted by Gasteiger charge is 2.40. The van der Waals surface area contributed by atoms with E-state index in [2.05, 4.69) is 102 Å². The van der Waals surface area contributed by atoms with Crippen molar-refractivity contribution in [2.24, 2.45) is 0 Å². The Morgan fingerprint density at radius 3 is 2.04 bits per heavy atom. The molecule has 0 saturated carbocycles. The summed E-state index contributed by atoms with van der Waals surface area (Å²) < 4.78 is 23.9. The van der Waals surface area contributed by atoms with E-state index < -0.39 is 7.14 Å². The van der Waals surface area contributed by atoms with Gasteiger partial charge in [0, 0.05) is 48.7 Å². The van der Waals surface area contributed by atoms with E-state index in [9.17, 15) is 0 Å². The first-order valence-corrected chi connectivity index (χ1v) is 17.3. The van der Waals surface area contributed by atoms with Crippen LogP contribution in [0.2, 0.25) is 0 Å². The molecule has 1 aliphatic heterocycles. The third-order valence-electron chi connectivity index (χ3n) is 9.62. The van der Waals surface area contributed by atoms with E-state index in [0.717, 1.165) is 87.6 Å². The van der Waals surface area contributed by atoms with Crippen LogP contribution in [-0.4, -0.2) is 4.57 Å². The molecule has 0 spiro atoms. The quantitative estimate of drug-likeness (QED) is 0.187. The Kier molecular flexibility index (Phi) is 5.27. The molecule has 0 bridgehead atoms. The van der Waals surface area contributed by atoms with Crippen LogP contribution in [0, 0.1) is 0 Å². The van der Waals surface area contributed by atoms with Gasteiger partial charge in [-0.05, 0) is 53.1 Å². The number of para-hydroxylation sites is 3. The van der Waals surface area contributed by atoms with Crippen molar-refractivity contribution >= 4 is 66.8 Å². The zero-order valence-corrected chi connectivity index (χ0v) is 25.6. The summed E-state index contributed by atoms with van der Waals surface area (Å²) in [5, 5.41) is 7.22. The van der Waals surface area contributed by atoms with E-state index in [-0.39, 0.29) is 0 Å². The summed E-state index contributed by atoms with van der Waals surface area (Å²) in [6.07, 6.45) is 0. The van der Waals surface area contributed by atoms with Gasteiger partial charge in [-0.25, -0.2) is 0 Å². The van der Waals surface area contributed by atoms with Gasteiger partial charge in [-0.3, -0.25) is 0 Å². The molecule has 0 fully saturated rings. The Bertz CT molecular complexity index is 2720. The van der Waals surface area contributed by atoms with E-state index >= 15 is 4.57 Å². The van der Waals surface area contributed by atoms with Crippen molar-refractivity contribution in [2.75, 3.05) is 0 Å². The Balaban J connectivity index is 1.19. The number of aromatic nitrogens is 1. The summed E-state index contributed by atoms with van der Waals surface area (Å²) in [7, 11) is -3.04. The molecule has 0 saturated heterocycles. The first-order valence-electron chi connectivity index (χ1n) is 15.5. The highest BCUT2D eigenvalue weighted by molar-refractivity contribution is 7.86.